The first-order valence-corrected chi connectivity index (χ1v) is 41.3. The van der Waals surface area contributed by atoms with Gasteiger partial charge < -0.3 is 0 Å². The second-order valence-corrected chi connectivity index (χ2v) is 32.6. The molecule has 0 aliphatic carbocycles. The number of fused-ring (bicyclic) bond motifs is 5. The Balaban J connectivity index is 1.00. The predicted octanol–water partition coefficient (Wildman–Crippen LogP) is 28.1. The summed E-state index contributed by atoms with van der Waals surface area (Å²) in [6.07, 6.45) is 1.88. The van der Waals surface area contributed by atoms with E-state index in [1.807, 2.05) is 13.1 Å². The second-order valence-electron chi connectivity index (χ2n) is 32.6. The molecule has 121 heavy (non-hydrogen) atoms. The number of rotatable bonds is 14. The van der Waals surface area contributed by atoms with E-state index >= 15 is 0 Å². The van der Waals surface area contributed by atoms with Crippen LogP contribution in [0.25, 0.3) is 212 Å². The third-order valence-electron chi connectivity index (χ3n) is 23.7. The molecule has 20 rings (SSSR count). The van der Waals surface area contributed by atoms with Gasteiger partial charge in [0.05, 0.1) is 67.1 Å². The van der Waals surface area contributed by atoms with E-state index in [-0.39, 0.29) is 0 Å². The van der Waals surface area contributed by atoms with Crippen molar-refractivity contribution in [3.05, 3.63) is 371 Å². The van der Waals surface area contributed by atoms with Crippen LogP contribution in [0.15, 0.2) is 310 Å². The summed E-state index contributed by atoms with van der Waals surface area (Å²) in [6, 6.07) is 108. The average molecular weight is 1560 g/mol. The normalized spacial score (nSPS) is 11.6. The fourth-order valence-corrected chi connectivity index (χ4v) is 16.7. The quantitative estimate of drug-likeness (QED) is 0.104. The highest BCUT2D eigenvalue weighted by atomic mass is 15.0. The summed E-state index contributed by atoms with van der Waals surface area (Å²) >= 11 is 0. The first-order valence-electron chi connectivity index (χ1n) is 41.3. The number of benzene rings is 15. The summed E-state index contributed by atoms with van der Waals surface area (Å²) in [7, 11) is 0. The van der Waals surface area contributed by atoms with Crippen LogP contribution in [0, 0.1) is 76.2 Å². The Morgan fingerprint density at radius 3 is 0.488 bits per heavy atom. The molecular weight excluding hydrogens is 1470 g/mol. The largest absolute Gasteiger partial charge is 0.252 e. The Bertz CT molecular complexity index is 7510. The van der Waals surface area contributed by atoms with E-state index in [1.54, 1.807) is 0 Å². The molecule has 0 atom stereocenters. The second kappa shape index (κ2) is 30.5. The predicted molar refractivity (Wildman–Crippen MR) is 500 cm³/mol. The molecule has 0 unspecified atom stereocenters. The molecule has 0 N–H and O–H groups in total. The minimum Gasteiger partial charge on any atom is -0.252 e. The van der Waals surface area contributed by atoms with Crippen LogP contribution < -0.4 is 0 Å². The van der Waals surface area contributed by atoms with Crippen LogP contribution in [0.5, 0.6) is 0 Å². The summed E-state index contributed by atoms with van der Waals surface area (Å²) in [5.74, 6) is 0. The molecule has 5 heterocycles. The van der Waals surface area contributed by atoms with Crippen LogP contribution in [0.1, 0.15) is 61.3 Å². The van der Waals surface area contributed by atoms with Crippen LogP contribution in [-0.4, -0.2) is 49.8 Å². The molecule has 0 amide bonds. The van der Waals surface area contributed by atoms with Crippen molar-refractivity contribution in [1.82, 2.24) is 49.8 Å². The maximum Gasteiger partial charge on any atom is 0.120 e. The van der Waals surface area contributed by atoms with Crippen molar-refractivity contribution in [2.75, 3.05) is 0 Å². The minimum absolute atomic E-state index is 0.367. The third kappa shape index (κ3) is 13.9. The lowest BCUT2D eigenvalue weighted by Gasteiger charge is -2.21. The van der Waals surface area contributed by atoms with Crippen LogP contribution in [-0.2, 0) is 0 Å². The zero-order valence-corrected chi connectivity index (χ0v) is 69.4. The van der Waals surface area contributed by atoms with Crippen LogP contribution >= 0.6 is 0 Å². The van der Waals surface area contributed by atoms with Gasteiger partial charge in [-0.25, -0.2) is 44.9 Å². The lowest BCUT2D eigenvalue weighted by atomic mass is 9.94. The van der Waals surface area contributed by atoms with E-state index in [0.717, 1.165) is 178 Å². The van der Waals surface area contributed by atoms with E-state index in [9.17, 15) is 0 Å². The lowest BCUT2D eigenvalue weighted by Crippen LogP contribution is -2.08. The monoisotopic (exact) mass is 1560 g/mol. The molecule has 0 aliphatic heterocycles. The highest BCUT2D eigenvalue weighted by molar-refractivity contribution is 6.10. The minimum atomic E-state index is 0.367. The molecule has 0 saturated carbocycles. The first kappa shape index (κ1) is 74.8. The van der Waals surface area contributed by atoms with E-state index in [0.29, 0.717) is 95.4 Å². The molecular formula is C111H84N10. The zero-order chi connectivity index (χ0) is 82.4. The molecule has 10 nitrogen and oxygen atoms in total. The van der Waals surface area contributed by atoms with Crippen molar-refractivity contribution in [3.8, 4) is 157 Å². The van der Waals surface area contributed by atoms with E-state index < -0.39 is 0 Å². The smallest absolute Gasteiger partial charge is 0.120 e. The lowest BCUT2D eigenvalue weighted by molar-refractivity contribution is 1.15. The van der Waals surface area contributed by atoms with Crippen LogP contribution in [0.2, 0.25) is 0 Å². The zero-order valence-electron chi connectivity index (χ0n) is 69.4. The molecule has 0 saturated heterocycles. The molecule has 0 fully saturated rings. The van der Waals surface area contributed by atoms with Gasteiger partial charge in [0.2, 0.25) is 0 Å². The Morgan fingerprint density at radius 2 is 0.281 bits per heavy atom. The molecule has 20 aromatic rings. The molecule has 10 heteroatoms. The maximum absolute atomic E-state index is 6.37. The summed E-state index contributed by atoms with van der Waals surface area (Å²) < 4.78 is 0. The van der Waals surface area contributed by atoms with Crippen molar-refractivity contribution >= 4 is 55.2 Å². The van der Waals surface area contributed by atoms with Crippen molar-refractivity contribution in [1.29, 1.82) is 0 Å². The van der Waals surface area contributed by atoms with E-state index in [2.05, 4.69) is 373 Å². The Hall–Kier alpha value is -15.0. The van der Waals surface area contributed by atoms with Crippen molar-refractivity contribution in [3.63, 3.8) is 0 Å². The summed E-state index contributed by atoms with van der Waals surface area (Å²) in [5, 5.41) is 0. The fraction of sp³-hybridized carbons (Fsp3) is 0.0991. The SMILES string of the molecule is Cc1ccc(-c2ccc(-c3ccc(C)cc3)c3nc(-c4nc5c(-c6ccc(C)cc6)ccc(-c6ccc(C)cc6)c5nc4-c4nc5c(-c6ccc(C)cc6)ccc(-c6ccc(C)cc6)c5nc4-c4nc5c(-c6ccc(C)cc6)ccc(-c6ccc(C)cc6)c5nc4-c4nc5c(-c6ccc(C)cc6)ccc(-c6ccc(C)cc6)c5nc4C)cnc23)cc1. The van der Waals surface area contributed by atoms with Gasteiger partial charge in [0.1, 0.15) is 45.6 Å². The standard InChI is InChI=1S/C111H84N10/c1-63-12-32-74(33-13-63)84-52-53-85(75-34-14-64(2)15-35-75)97-96(84)112-62-94(114-97)106-108(118-101-89(79-42-22-68(6)23-43-79)57-56-88(100(101)116-106)78-40-20-67(5)21-41-78)110-111(121-105-93(83-50-30-72(10)31-51-83)61-60-92(104(105)120-110)82-48-28-71(9)29-49-82)109-107(117-102-90(80-44-24-69(7)25-45-80)58-59-91(103(102)119-109)81-46-26-70(8)27-47-81)95-73(11)113-98-86(76-36-16-65(3)17-37-76)54-55-87(99(98)115-95)77-38-18-66(4)19-39-77/h12-62H,1-11H3. The highest BCUT2D eigenvalue weighted by Crippen LogP contribution is 2.49. The molecule has 0 spiro atoms. The van der Waals surface area contributed by atoms with E-state index in [1.165, 1.54) is 0 Å². The van der Waals surface area contributed by atoms with Crippen molar-refractivity contribution in [2.45, 2.75) is 76.2 Å². The number of nitrogens with zero attached hydrogens (tertiary/aromatic N) is 10. The summed E-state index contributed by atoms with van der Waals surface area (Å²) in [4.78, 5) is 61.4. The summed E-state index contributed by atoms with van der Waals surface area (Å²) in [6.45, 7) is 23.2. The number of aromatic nitrogens is 10. The molecule has 0 bridgehead atoms. The van der Waals surface area contributed by atoms with Crippen LogP contribution in [0.4, 0.5) is 0 Å². The van der Waals surface area contributed by atoms with Gasteiger partial charge in [-0.1, -0.05) is 359 Å². The van der Waals surface area contributed by atoms with Crippen LogP contribution in [0.3, 0.4) is 0 Å². The number of aryl methyl sites for hydroxylation is 11. The molecule has 0 radical (unpaired) electrons. The van der Waals surface area contributed by atoms with Gasteiger partial charge in [0.15, 0.2) is 0 Å². The van der Waals surface area contributed by atoms with Gasteiger partial charge in [-0.2, -0.15) is 0 Å². The maximum atomic E-state index is 6.37. The van der Waals surface area contributed by atoms with Gasteiger partial charge in [-0.3, -0.25) is 4.98 Å². The molecule has 578 valence electrons. The Labute approximate surface area is 704 Å². The number of hydrogen-bond acceptors (Lipinski definition) is 10. The van der Waals surface area contributed by atoms with Gasteiger partial charge in [0, 0.05) is 55.6 Å². The Kier molecular flexibility index (Phi) is 18.8. The highest BCUT2D eigenvalue weighted by Gasteiger charge is 2.32. The molecule has 15 aromatic carbocycles. The summed E-state index contributed by atoms with van der Waals surface area (Å²) in [5.41, 5.74) is 40.7. The van der Waals surface area contributed by atoms with E-state index in [4.69, 9.17) is 49.8 Å². The number of hydrogen-bond donors (Lipinski definition) is 0. The molecule has 5 aromatic heterocycles. The van der Waals surface area contributed by atoms with Gasteiger partial charge in [-0.05, 0) is 132 Å². The van der Waals surface area contributed by atoms with Gasteiger partial charge in [0.25, 0.3) is 0 Å². The van der Waals surface area contributed by atoms with Crippen molar-refractivity contribution < 1.29 is 0 Å². The van der Waals surface area contributed by atoms with Gasteiger partial charge in [-0.15, -0.1) is 0 Å². The molecule has 0 aliphatic rings. The first-order chi connectivity index (χ1) is 58.9. The van der Waals surface area contributed by atoms with Crippen molar-refractivity contribution in [2.24, 2.45) is 0 Å². The average Bonchev–Trinajstić information content (AvgIpc) is 0.713. The van der Waals surface area contributed by atoms with Gasteiger partial charge >= 0.3 is 0 Å². The fourth-order valence-electron chi connectivity index (χ4n) is 16.7. The topological polar surface area (TPSA) is 129 Å². The third-order valence-corrected chi connectivity index (χ3v) is 23.7. The Morgan fingerprint density at radius 1 is 0.132 bits per heavy atom.